The highest BCUT2D eigenvalue weighted by Crippen LogP contribution is 2.45. The van der Waals surface area contributed by atoms with Crippen LogP contribution < -0.4 is 15.4 Å². The second-order valence-corrected chi connectivity index (χ2v) is 9.44. The molecule has 1 aliphatic heterocycles. The topological polar surface area (TPSA) is 138 Å². The van der Waals surface area contributed by atoms with Gasteiger partial charge < -0.3 is 25.6 Å². The van der Waals surface area contributed by atoms with Gasteiger partial charge >= 0.3 is 11.9 Å². The summed E-state index contributed by atoms with van der Waals surface area (Å²) in [6, 6.07) is 4.39. The number of unbranched alkanes of at least 4 members (excludes halogenated alkanes) is 6. The number of halogens is 2. The average molecular weight is 534 g/mol. The number of pyridine rings is 1. The molecule has 4 N–H and O–H groups in total. The Hall–Kier alpha value is -3.76. The van der Waals surface area contributed by atoms with Gasteiger partial charge in [0.25, 0.3) is 0 Å². The second kappa shape index (κ2) is 13.2. The Labute approximate surface area is 219 Å². The fourth-order valence-corrected chi connectivity index (χ4v) is 4.00. The number of aliphatic carboxylic acids is 2. The van der Waals surface area contributed by atoms with Crippen molar-refractivity contribution in [3.63, 3.8) is 0 Å². The predicted octanol–water partition coefficient (Wildman–Crippen LogP) is 5.75. The number of carboxylic acids is 2. The minimum absolute atomic E-state index is 0.0979. The molecule has 9 nitrogen and oxygen atoms in total. The Bertz CT molecular complexity index is 1150. The molecule has 0 atom stereocenters. The van der Waals surface area contributed by atoms with Gasteiger partial charge in [0, 0.05) is 18.3 Å². The summed E-state index contributed by atoms with van der Waals surface area (Å²) < 4.78 is 34.5. The predicted molar refractivity (Wildman–Crippen MR) is 136 cm³/mol. The van der Waals surface area contributed by atoms with E-state index >= 15 is 0 Å². The normalized spacial score (nSPS) is 14.6. The second-order valence-electron chi connectivity index (χ2n) is 9.44. The summed E-state index contributed by atoms with van der Waals surface area (Å²) in [5, 5.41) is 22.1. The molecule has 38 heavy (non-hydrogen) atoms. The zero-order chi connectivity index (χ0) is 27.7. The van der Waals surface area contributed by atoms with Crippen LogP contribution in [0.3, 0.4) is 0 Å². The number of hydrogen-bond acceptors (Lipinski definition) is 6. The largest absolute Gasteiger partial charge is 0.480 e. The van der Waals surface area contributed by atoms with Crippen molar-refractivity contribution in [3.8, 4) is 11.5 Å². The minimum atomic E-state index is -1.42. The van der Waals surface area contributed by atoms with E-state index in [0.717, 1.165) is 12.8 Å². The zero-order valence-electron chi connectivity index (χ0n) is 21.3. The standard InChI is InChI=1S/C22H27F2N3O2.C5H6O4/c1-2-3-4-5-6-7-8-12-25-16-9-10-18(21(24)20(16)23)29-17-11-13-26-22-15(17)14-19(28)27-22;6-3(7)5(1-2-5)4(8)9/h9-11,13,25H,2-8,12,14H2,1H3,(H,26,27,28);1-2H2,(H,6,7)(H,8,9). The van der Waals surface area contributed by atoms with E-state index in [4.69, 9.17) is 14.9 Å². The molecule has 0 unspecified atom stereocenters. The van der Waals surface area contributed by atoms with Crippen molar-refractivity contribution in [3.05, 3.63) is 41.6 Å². The molecule has 206 valence electrons. The first-order valence-electron chi connectivity index (χ1n) is 12.8. The van der Waals surface area contributed by atoms with Crippen molar-refractivity contribution in [2.75, 3.05) is 17.2 Å². The Morgan fingerprint density at radius 1 is 1.00 bits per heavy atom. The summed E-state index contributed by atoms with van der Waals surface area (Å²) in [6.07, 6.45) is 10.2. The maximum absolute atomic E-state index is 14.5. The van der Waals surface area contributed by atoms with Crippen LogP contribution in [0.5, 0.6) is 11.5 Å². The number of rotatable bonds is 13. The van der Waals surface area contributed by atoms with Gasteiger partial charge in [-0.25, -0.2) is 9.37 Å². The zero-order valence-corrected chi connectivity index (χ0v) is 21.3. The Morgan fingerprint density at radius 3 is 2.26 bits per heavy atom. The van der Waals surface area contributed by atoms with E-state index in [-0.39, 0.29) is 42.4 Å². The van der Waals surface area contributed by atoms with Crippen molar-refractivity contribution in [2.24, 2.45) is 5.41 Å². The van der Waals surface area contributed by atoms with Gasteiger partial charge in [0.2, 0.25) is 11.7 Å². The van der Waals surface area contributed by atoms with Gasteiger partial charge in [-0.05, 0) is 37.5 Å². The molecule has 1 aliphatic carbocycles. The third-order valence-electron chi connectivity index (χ3n) is 6.54. The third kappa shape index (κ3) is 7.17. The van der Waals surface area contributed by atoms with Crippen LogP contribution in [0.1, 0.15) is 70.3 Å². The number of nitrogens with one attached hydrogen (secondary N) is 2. The van der Waals surface area contributed by atoms with Crippen LogP contribution in [-0.2, 0) is 20.8 Å². The number of benzene rings is 1. The van der Waals surface area contributed by atoms with Gasteiger partial charge in [0.15, 0.2) is 17.0 Å². The first kappa shape index (κ1) is 28.8. The van der Waals surface area contributed by atoms with Gasteiger partial charge in [-0.2, -0.15) is 4.39 Å². The lowest BCUT2D eigenvalue weighted by Gasteiger charge is -2.13. The van der Waals surface area contributed by atoms with Gasteiger partial charge in [0.1, 0.15) is 11.6 Å². The van der Waals surface area contributed by atoms with Crippen LogP contribution in [0.2, 0.25) is 0 Å². The average Bonchev–Trinajstić information content (AvgIpc) is 3.62. The van der Waals surface area contributed by atoms with E-state index in [0.29, 0.717) is 17.9 Å². The number of aromatic nitrogens is 1. The van der Waals surface area contributed by atoms with E-state index in [1.807, 2.05) is 0 Å². The monoisotopic (exact) mass is 533 g/mol. The Balaban J connectivity index is 0.000000375. The van der Waals surface area contributed by atoms with Gasteiger partial charge in [-0.3, -0.25) is 14.4 Å². The molecule has 1 fully saturated rings. The van der Waals surface area contributed by atoms with E-state index in [1.54, 1.807) is 0 Å². The van der Waals surface area contributed by atoms with Crippen LogP contribution >= 0.6 is 0 Å². The molecule has 1 saturated carbocycles. The SMILES string of the molecule is CCCCCCCCCNc1ccc(Oc2ccnc3c2CC(=O)N3)c(F)c1F.O=C(O)C1(C(=O)O)CC1. The van der Waals surface area contributed by atoms with Crippen molar-refractivity contribution in [1.82, 2.24) is 4.98 Å². The van der Waals surface area contributed by atoms with Crippen molar-refractivity contribution in [2.45, 2.75) is 71.1 Å². The highest BCUT2D eigenvalue weighted by atomic mass is 19.2. The first-order valence-corrected chi connectivity index (χ1v) is 12.8. The number of hydrogen-bond donors (Lipinski definition) is 4. The Morgan fingerprint density at radius 2 is 1.66 bits per heavy atom. The molecular formula is C27H33F2N3O6. The summed E-state index contributed by atoms with van der Waals surface area (Å²) in [5.74, 6) is -4.21. The van der Waals surface area contributed by atoms with Crippen LogP contribution in [-0.4, -0.2) is 39.6 Å². The van der Waals surface area contributed by atoms with Gasteiger partial charge in [-0.1, -0.05) is 45.4 Å². The molecule has 4 rings (SSSR count). The van der Waals surface area contributed by atoms with E-state index in [2.05, 4.69) is 22.5 Å². The molecule has 0 saturated heterocycles. The summed E-state index contributed by atoms with van der Waals surface area (Å²) in [4.78, 5) is 35.9. The molecule has 2 heterocycles. The summed E-state index contributed by atoms with van der Waals surface area (Å²) >= 11 is 0. The van der Waals surface area contributed by atoms with Crippen LogP contribution in [0.4, 0.5) is 20.3 Å². The number of amides is 1. The van der Waals surface area contributed by atoms with Crippen molar-refractivity contribution in [1.29, 1.82) is 0 Å². The quantitative estimate of drug-likeness (QED) is 0.189. The van der Waals surface area contributed by atoms with Crippen LogP contribution in [0.15, 0.2) is 24.4 Å². The summed E-state index contributed by atoms with van der Waals surface area (Å²) in [5.41, 5.74) is -0.754. The molecule has 0 radical (unpaired) electrons. The lowest BCUT2D eigenvalue weighted by Crippen LogP contribution is -2.24. The van der Waals surface area contributed by atoms with E-state index in [1.165, 1.54) is 56.5 Å². The molecule has 11 heteroatoms. The van der Waals surface area contributed by atoms with Gasteiger partial charge in [-0.15, -0.1) is 0 Å². The highest BCUT2D eigenvalue weighted by Gasteiger charge is 2.57. The number of nitrogens with zero attached hydrogens (tertiary/aromatic N) is 1. The maximum atomic E-state index is 14.5. The number of carbonyl (C=O) groups is 3. The van der Waals surface area contributed by atoms with Gasteiger partial charge in [0.05, 0.1) is 12.1 Å². The third-order valence-corrected chi connectivity index (χ3v) is 6.54. The number of ether oxygens (including phenoxy) is 1. The molecule has 1 aromatic heterocycles. The lowest BCUT2D eigenvalue weighted by molar-refractivity contribution is -0.156. The molecule has 1 aromatic carbocycles. The maximum Gasteiger partial charge on any atom is 0.321 e. The fourth-order valence-electron chi connectivity index (χ4n) is 4.00. The number of fused-ring (bicyclic) bond motifs is 1. The summed E-state index contributed by atoms with van der Waals surface area (Å²) in [7, 11) is 0. The Kier molecular flexibility index (Phi) is 9.98. The van der Waals surface area contributed by atoms with Crippen molar-refractivity contribution < 1.29 is 38.1 Å². The number of anilines is 2. The number of carboxylic acid groups (broad SMARTS) is 2. The molecule has 2 aliphatic rings. The van der Waals surface area contributed by atoms with Crippen molar-refractivity contribution >= 4 is 29.4 Å². The smallest absolute Gasteiger partial charge is 0.321 e. The first-order chi connectivity index (χ1) is 18.2. The molecule has 0 bridgehead atoms. The number of carbonyl (C=O) groups excluding carboxylic acids is 1. The van der Waals surface area contributed by atoms with Crippen LogP contribution in [0.25, 0.3) is 0 Å². The molecular weight excluding hydrogens is 500 g/mol. The fraction of sp³-hybridized carbons (Fsp3) is 0.481. The molecule has 2 aromatic rings. The summed E-state index contributed by atoms with van der Waals surface area (Å²) in [6.45, 7) is 2.78. The minimum Gasteiger partial charge on any atom is -0.480 e. The van der Waals surface area contributed by atoms with E-state index in [9.17, 15) is 23.2 Å². The van der Waals surface area contributed by atoms with E-state index < -0.39 is 29.0 Å². The molecule has 0 spiro atoms. The lowest BCUT2D eigenvalue weighted by atomic mass is 10.1. The van der Waals surface area contributed by atoms with Crippen LogP contribution in [0, 0.1) is 17.0 Å². The molecule has 1 amide bonds. The highest BCUT2D eigenvalue weighted by molar-refractivity contribution is 6.01.